The molecule has 1 aliphatic carbocycles. The molecule has 0 radical (unpaired) electrons. The van der Waals surface area contributed by atoms with Crippen molar-refractivity contribution in [1.29, 1.82) is 0 Å². The van der Waals surface area contributed by atoms with Crippen LogP contribution in [-0.2, 0) is 20.4 Å². The van der Waals surface area contributed by atoms with Crippen molar-refractivity contribution in [3.63, 3.8) is 0 Å². The van der Waals surface area contributed by atoms with Crippen molar-refractivity contribution in [1.82, 2.24) is 4.72 Å². The van der Waals surface area contributed by atoms with Crippen LogP contribution in [0.25, 0.3) is 11.1 Å². The fourth-order valence-corrected chi connectivity index (χ4v) is 5.34. The van der Waals surface area contributed by atoms with Gasteiger partial charge in [0.25, 0.3) is 5.91 Å². The van der Waals surface area contributed by atoms with Crippen LogP contribution in [0.4, 0.5) is 4.79 Å². The maximum absolute atomic E-state index is 12.7. The summed E-state index contributed by atoms with van der Waals surface area (Å²) in [4.78, 5) is 23.9. The highest BCUT2D eigenvalue weighted by molar-refractivity contribution is 7.89. The molecule has 1 atom stereocenters. The molecular weight excluding hydrogens is 560 g/mol. The first kappa shape index (κ1) is 30.9. The molecule has 2 amide bonds. The van der Waals surface area contributed by atoms with Gasteiger partial charge in [0.15, 0.2) is 0 Å². The number of carbonyl (C=O) groups excluding carboxylic acids is 2. The second kappa shape index (κ2) is 13.7. The number of sulfonamides is 1. The zero-order valence-corrected chi connectivity index (χ0v) is 24.3. The minimum Gasteiger partial charge on any atom is -0.493 e. The van der Waals surface area contributed by atoms with Crippen molar-refractivity contribution in [2.24, 2.45) is 5.73 Å². The second-order valence-corrected chi connectivity index (χ2v) is 12.2. The molecule has 1 saturated carbocycles. The van der Waals surface area contributed by atoms with Crippen LogP contribution in [0.15, 0.2) is 72.8 Å². The molecule has 224 valence electrons. The van der Waals surface area contributed by atoms with Crippen molar-refractivity contribution in [2.45, 2.75) is 50.2 Å². The van der Waals surface area contributed by atoms with Crippen LogP contribution in [0.1, 0.15) is 54.4 Å². The fourth-order valence-electron chi connectivity index (χ4n) is 4.89. The summed E-state index contributed by atoms with van der Waals surface area (Å²) in [6.45, 7) is -0.172. The van der Waals surface area contributed by atoms with Crippen LogP contribution in [0.2, 0.25) is 0 Å². The summed E-state index contributed by atoms with van der Waals surface area (Å²) in [6, 6.07) is 21.2. The Hall–Kier alpha value is -4.09. The molecule has 1 aliphatic rings. The van der Waals surface area contributed by atoms with Gasteiger partial charge in [-0.25, -0.2) is 17.9 Å². The van der Waals surface area contributed by atoms with E-state index in [1.165, 1.54) is 0 Å². The van der Waals surface area contributed by atoms with Crippen LogP contribution >= 0.6 is 0 Å². The molecule has 0 bridgehead atoms. The van der Waals surface area contributed by atoms with E-state index in [-0.39, 0.29) is 31.3 Å². The van der Waals surface area contributed by atoms with Crippen molar-refractivity contribution < 1.29 is 37.3 Å². The summed E-state index contributed by atoms with van der Waals surface area (Å²) in [5.41, 5.74) is 5.98. The highest BCUT2D eigenvalue weighted by Gasteiger charge is 2.31. The number of benzene rings is 3. The van der Waals surface area contributed by atoms with Gasteiger partial charge in [0, 0.05) is 6.42 Å². The Balaban J connectivity index is 1.47. The number of nitrogens with one attached hydrogen (secondary N) is 1. The Morgan fingerprint density at radius 1 is 0.976 bits per heavy atom. The number of hydrogen-bond donors (Lipinski definition) is 3. The first-order valence-electron chi connectivity index (χ1n) is 13.8. The first-order valence-corrected chi connectivity index (χ1v) is 15.7. The van der Waals surface area contributed by atoms with Crippen LogP contribution in [0.5, 0.6) is 11.5 Å². The third-order valence-electron chi connectivity index (χ3n) is 7.09. The number of amides is 2. The highest BCUT2D eigenvalue weighted by Crippen LogP contribution is 2.32. The van der Waals surface area contributed by atoms with Gasteiger partial charge in [-0.2, -0.15) is 0 Å². The number of ether oxygens (including phenoxy) is 3. The summed E-state index contributed by atoms with van der Waals surface area (Å²) in [6.07, 6.45) is 5.02. The molecule has 42 heavy (non-hydrogen) atoms. The van der Waals surface area contributed by atoms with Crippen LogP contribution in [-0.4, -0.2) is 51.1 Å². The number of nitrogens with two attached hydrogens (primary N) is 1. The minimum absolute atomic E-state index is 0.0440. The topological polar surface area (TPSA) is 154 Å². The Bertz CT molecular complexity index is 1470. The third kappa shape index (κ3) is 8.70. The van der Waals surface area contributed by atoms with E-state index in [1.807, 2.05) is 22.9 Å². The maximum Gasteiger partial charge on any atom is 0.404 e. The van der Waals surface area contributed by atoms with E-state index in [2.05, 4.69) is 0 Å². The normalized spacial score (nSPS) is 15.3. The van der Waals surface area contributed by atoms with Gasteiger partial charge in [-0.15, -0.1) is 0 Å². The molecule has 1 fully saturated rings. The largest absolute Gasteiger partial charge is 0.493 e. The monoisotopic (exact) mass is 596 g/mol. The average Bonchev–Trinajstić information content (AvgIpc) is 2.96. The number of carbonyl (C=O) groups is 2. The second-order valence-electron chi connectivity index (χ2n) is 10.4. The summed E-state index contributed by atoms with van der Waals surface area (Å²) in [7, 11) is -3.74. The van der Waals surface area contributed by atoms with Crippen molar-refractivity contribution >= 4 is 22.0 Å². The van der Waals surface area contributed by atoms with Crippen molar-refractivity contribution in [3.8, 4) is 22.6 Å². The van der Waals surface area contributed by atoms with Gasteiger partial charge in [0.05, 0.1) is 24.5 Å². The molecule has 11 heteroatoms. The van der Waals surface area contributed by atoms with Crippen molar-refractivity contribution in [3.05, 3.63) is 83.9 Å². The van der Waals surface area contributed by atoms with E-state index in [0.717, 1.165) is 49.5 Å². The molecule has 0 aliphatic heterocycles. The lowest BCUT2D eigenvalue weighted by Crippen LogP contribution is -2.35. The molecular formula is C31H36N2O8S. The number of primary amides is 1. The van der Waals surface area contributed by atoms with E-state index in [1.54, 1.807) is 54.6 Å². The molecule has 0 spiro atoms. The van der Waals surface area contributed by atoms with Gasteiger partial charge in [-0.1, -0.05) is 55.0 Å². The SMILES string of the molecule is CS(=O)(=O)NC(=O)c1ccc(-c2ccc(OCC[C@](O)(COC(N)=O)c3ccccc3)cc2)cc1OC1CCCCC1. The Morgan fingerprint density at radius 2 is 1.64 bits per heavy atom. The van der Waals surface area contributed by atoms with Crippen LogP contribution in [0, 0.1) is 0 Å². The molecule has 3 aromatic rings. The van der Waals surface area contributed by atoms with Crippen molar-refractivity contribution in [2.75, 3.05) is 19.5 Å². The quantitative estimate of drug-likeness (QED) is 0.276. The lowest BCUT2D eigenvalue weighted by molar-refractivity contribution is -0.0386. The van der Waals surface area contributed by atoms with E-state index < -0.39 is 27.6 Å². The molecule has 0 saturated heterocycles. The standard InChI is InChI=1S/C31H36N2O8S/c1-42(37,38)33-29(34)27-17-14-23(20-28(27)41-26-10-6-3-7-11-26)22-12-15-25(16-13-22)39-19-18-31(36,21-40-30(32)35)24-8-4-2-5-9-24/h2,4-5,8-9,12-17,20,26,36H,3,6-7,10-11,18-19,21H2,1H3,(H2,32,35)(H,33,34)/t31-/m0/s1. The van der Waals surface area contributed by atoms with Crippen LogP contribution in [0.3, 0.4) is 0 Å². The number of aliphatic hydroxyl groups is 1. The third-order valence-corrected chi connectivity index (χ3v) is 7.64. The lowest BCUT2D eigenvalue weighted by atomic mass is 9.91. The lowest BCUT2D eigenvalue weighted by Gasteiger charge is -2.28. The molecule has 0 heterocycles. The van der Waals surface area contributed by atoms with Gasteiger partial charge in [0.1, 0.15) is 23.7 Å². The molecule has 0 unspecified atom stereocenters. The minimum atomic E-state index is -3.74. The predicted molar refractivity (Wildman–Crippen MR) is 158 cm³/mol. The first-order chi connectivity index (χ1) is 20.0. The zero-order chi connectivity index (χ0) is 30.2. The summed E-state index contributed by atoms with van der Waals surface area (Å²) >= 11 is 0. The van der Waals surface area contributed by atoms with Gasteiger partial charge < -0.3 is 25.1 Å². The van der Waals surface area contributed by atoms with Gasteiger partial charge in [0.2, 0.25) is 10.0 Å². The summed E-state index contributed by atoms with van der Waals surface area (Å²) < 4.78 is 42.4. The van der Waals surface area contributed by atoms with Crippen LogP contribution < -0.4 is 19.9 Å². The molecule has 4 N–H and O–H groups in total. The molecule has 3 aromatic carbocycles. The van der Waals surface area contributed by atoms with Gasteiger partial charge in [-0.05, 0) is 66.6 Å². The summed E-state index contributed by atoms with van der Waals surface area (Å²) in [5, 5.41) is 11.2. The summed E-state index contributed by atoms with van der Waals surface area (Å²) in [5.74, 6) is 0.155. The Morgan fingerprint density at radius 3 is 2.29 bits per heavy atom. The van der Waals surface area contributed by atoms with Gasteiger partial charge in [-0.3, -0.25) is 4.79 Å². The smallest absolute Gasteiger partial charge is 0.404 e. The number of rotatable bonds is 12. The van der Waals surface area contributed by atoms with E-state index in [9.17, 15) is 23.1 Å². The fraction of sp³-hybridized carbons (Fsp3) is 0.355. The maximum atomic E-state index is 12.7. The molecule has 10 nitrogen and oxygen atoms in total. The van der Waals surface area contributed by atoms with E-state index >= 15 is 0 Å². The zero-order valence-electron chi connectivity index (χ0n) is 23.5. The van der Waals surface area contributed by atoms with Gasteiger partial charge >= 0.3 is 6.09 Å². The Labute approximate surface area is 245 Å². The predicted octanol–water partition coefficient (Wildman–Crippen LogP) is 4.51. The highest BCUT2D eigenvalue weighted by atomic mass is 32.2. The van der Waals surface area contributed by atoms with E-state index in [4.69, 9.17) is 19.9 Å². The Kier molecular flexibility index (Phi) is 10.1. The average molecular weight is 597 g/mol. The van der Waals surface area contributed by atoms with E-state index in [0.29, 0.717) is 17.1 Å². The molecule has 4 rings (SSSR count). The molecule has 0 aromatic heterocycles. The number of hydrogen-bond acceptors (Lipinski definition) is 8.